The minimum atomic E-state index is -0.0678. The van der Waals surface area contributed by atoms with Gasteiger partial charge in [-0.15, -0.1) is 0 Å². The van der Waals surface area contributed by atoms with E-state index in [0.717, 1.165) is 8.20 Å². The molecule has 1 unspecified atom stereocenters. The second-order valence-electron chi connectivity index (χ2n) is 2.28. The third-order valence-corrected chi connectivity index (χ3v) is 1.61. The minimum absolute atomic E-state index is 0.0306. The zero-order chi connectivity index (χ0) is 8.69. The lowest BCUT2D eigenvalue weighted by Crippen LogP contribution is -2.30. The molecule has 0 rings (SSSR count). The van der Waals surface area contributed by atoms with Gasteiger partial charge in [0.25, 0.3) is 0 Å². The quantitative estimate of drug-likeness (QED) is 0.625. The third kappa shape index (κ3) is 4.93. The number of amides is 1. The van der Waals surface area contributed by atoms with E-state index in [1.807, 2.05) is 6.92 Å². The number of methoxy groups -OCH3 is 1. The van der Waals surface area contributed by atoms with Crippen molar-refractivity contribution in [3.63, 3.8) is 0 Å². The van der Waals surface area contributed by atoms with E-state index in [1.165, 1.54) is 0 Å². The van der Waals surface area contributed by atoms with Crippen LogP contribution in [-0.2, 0) is 9.53 Å². The maximum atomic E-state index is 11.1. The van der Waals surface area contributed by atoms with Crippen molar-refractivity contribution in [2.75, 3.05) is 20.0 Å². The SMILES string of the molecule is C=PCNC(=O)C(C)COC. The Morgan fingerprint density at radius 1 is 1.82 bits per heavy atom. The Bertz CT molecular complexity index is 138. The van der Waals surface area contributed by atoms with Crippen LogP contribution in [0.4, 0.5) is 0 Å². The van der Waals surface area contributed by atoms with Crippen LogP contribution in [0.2, 0.25) is 0 Å². The lowest BCUT2D eigenvalue weighted by molar-refractivity contribution is -0.125. The Balaban J connectivity index is 3.54. The van der Waals surface area contributed by atoms with Crippen molar-refractivity contribution < 1.29 is 9.53 Å². The molecule has 0 aliphatic rings. The normalized spacial score (nSPS) is 12.9. The van der Waals surface area contributed by atoms with Gasteiger partial charge in [-0.1, -0.05) is 21.4 Å². The van der Waals surface area contributed by atoms with Crippen LogP contribution in [0.25, 0.3) is 0 Å². The third-order valence-electron chi connectivity index (χ3n) is 1.23. The Hall–Kier alpha value is -0.400. The number of carbonyl (C=O) groups is 1. The van der Waals surface area contributed by atoms with Crippen LogP contribution in [0, 0.1) is 5.92 Å². The first-order valence-corrected chi connectivity index (χ1v) is 4.68. The van der Waals surface area contributed by atoms with Crippen LogP contribution >= 0.6 is 8.20 Å². The molecule has 3 nitrogen and oxygen atoms in total. The molecule has 0 fully saturated rings. The van der Waals surface area contributed by atoms with Crippen LogP contribution in [0.3, 0.4) is 0 Å². The van der Waals surface area contributed by atoms with Crippen molar-refractivity contribution >= 4 is 20.4 Å². The summed E-state index contributed by atoms with van der Waals surface area (Å²) in [4.78, 5) is 11.1. The second-order valence-corrected chi connectivity index (χ2v) is 3.04. The summed E-state index contributed by atoms with van der Waals surface area (Å²) < 4.78 is 4.83. The number of ether oxygens (including phenoxy) is 1. The molecule has 11 heavy (non-hydrogen) atoms. The van der Waals surface area contributed by atoms with Gasteiger partial charge in [-0.25, -0.2) is 0 Å². The van der Waals surface area contributed by atoms with Gasteiger partial charge < -0.3 is 10.1 Å². The summed E-state index contributed by atoms with van der Waals surface area (Å²) >= 11 is 0. The largest absolute Gasteiger partial charge is 0.384 e. The molecule has 1 atom stereocenters. The van der Waals surface area contributed by atoms with Crippen molar-refractivity contribution in [2.24, 2.45) is 5.92 Å². The highest BCUT2D eigenvalue weighted by molar-refractivity contribution is 7.36. The maximum Gasteiger partial charge on any atom is 0.225 e. The van der Waals surface area contributed by atoms with E-state index in [1.54, 1.807) is 7.11 Å². The Kier molecular flexibility index (Phi) is 6.09. The highest BCUT2D eigenvalue weighted by atomic mass is 31.1. The summed E-state index contributed by atoms with van der Waals surface area (Å²) in [5.74, 6) is -0.0373. The molecule has 0 saturated heterocycles. The fraction of sp³-hybridized carbons (Fsp3) is 0.714. The lowest BCUT2D eigenvalue weighted by atomic mass is 10.2. The number of hydrogen-bond donors (Lipinski definition) is 1. The maximum absolute atomic E-state index is 11.1. The zero-order valence-corrected chi connectivity index (χ0v) is 7.86. The molecule has 1 amide bonds. The first-order valence-electron chi connectivity index (χ1n) is 3.41. The smallest absolute Gasteiger partial charge is 0.225 e. The average molecular weight is 175 g/mol. The van der Waals surface area contributed by atoms with Crippen molar-refractivity contribution in [1.82, 2.24) is 5.32 Å². The van der Waals surface area contributed by atoms with Gasteiger partial charge in [0, 0.05) is 7.11 Å². The summed E-state index contributed by atoms with van der Waals surface area (Å²) in [6, 6.07) is 0. The van der Waals surface area contributed by atoms with Crippen molar-refractivity contribution in [2.45, 2.75) is 6.92 Å². The molecular formula is C7H14NO2P. The summed E-state index contributed by atoms with van der Waals surface area (Å²) in [7, 11) is 2.52. The summed E-state index contributed by atoms with van der Waals surface area (Å²) in [6.07, 6.45) is 4.21. The van der Waals surface area contributed by atoms with E-state index < -0.39 is 0 Å². The zero-order valence-electron chi connectivity index (χ0n) is 6.96. The lowest BCUT2D eigenvalue weighted by Gasteiger charge is -2.08. The van der Waals surface area contributed by atoms with E-state index in [0.29, 0.717) is 12.9 Å². The molecule has 0 heterocycles. The van der Waals surface area contributed by atoms with Gasteiger partial charge in [0.1, 0.15) is 0 Å². The van der Waals surface area contributed by atoms with E-state index >= 15 is 0 Å². The number of nitrogens with one attached hydrogen (secondary N) is 1. The predicted molar refractivity (Wildman–Crippen MR) is 48.1 cm³/mol. The molecule has 0 radical (unpaired) electrons. The second kappa shape index (κ2) is 6.32. The molecule has 0 aromatic heterocycles. The van der Waals surface area contributed by atoms with Gasteiger partial charge in [0.05, 0.1) is 18.8 Å². The summed E-state index contributed by atoms with van der Waals surface area (Å²) in [5, 5.41) is 2.72. The first kappa shape index (κ1) is 10.6. The predicted octanol–water partition coefficient (Wildman–Crippen LogP) is 0.721. The number of hydrogen-bond acceptors (Lipinski definition) is 2. The van der Waals surface area contributed by atoms with Crippen molar-refractivity contribution in [3.8, 4) is 0 Å². The van der Waals surface area contributed by atoms with Crippen LogP contribution in [0.15, 0.2) is 0 Å². The van der Waals surface area contributed by atoms with Gasteiger partial charge in [-0.3, -0.25) is 4.79 Å². The average Bonchev–Trinajstić information content (AvgIpc) is 2.00. The van der Waals surface area contributed by atoms with Gasteiger partial charge in [-0.2, -0.15) is 0 Å². The van der Waals surface area contributed by atoms with Gasteiger partial charge >= 0.3 is 0 Å². The highest BCUT2D eigenvalue weighted by Gasteiger charge is 2.10. The van der Waals surface area contributed by atoms with Crippen LogP contribution < -0.4 is 5.32 Å². The van der Waals surface area contributed by atoms with Crippen LogP contribution in [0.1, 0.15) is 6.92 Å². The van der Waals surface area contributed by atoms with Crippen molar-refractivity contribution in [3.05, 3.63) is 0 Å². The molecule has 64 valence electrons. The highest BCUT2D eigenvalue weighted by Crippen LogP contribution is 1.95. The molecule has 0 spiro atoms. The molecule has 0 bridgehead atoms. The summed E-state index contributed by atoms with van der Waals surface area (Å²) in [6.45, 7) is 2.30. The van der Waals surface area contributed by atoms with E-state index in [4.69, 9.17) is 4.74 Å². The molecule has 0 aromatic carbocycles. The minimum Gasteiger partial charge on any atom is -0.384 e. The van der Waals surface area contributed by atoms with Gasteiger partial charge in [0.15, 0.2) is 0 Å². The number of carbonyl (C=O) groups excluding carboxylic acids is 1. The van der Waals surface area contributed by atoms with E-state index in [-0.39, 0.29) is 11.8 Å². The van der Waals surface area contributed by atoms with Crippen LogP contribution in [-0.4, -0.2) is 32.2 Å². The molecule has 0 aliphatic carbocycles. The molecule has 4 heteroatoms. The Labute approximate surface area is 68.9 Å². The molecule has 1 N–H and O–H groups in total. The summed E-state index contributed by atoms with van der Waals surface area (Å²) in [5.41, 5.74) is 0. The topological polar surface area (TPSA) is 38.3 Å². The number of rotatable bonds is 5. The van der Waals surface area contributed by atoms with Gasteiger partial charge in [0.2, 0.25) is 5.91 Å². The Morgan fingerprint density at radius 3 is 2.91 bits per heavy atom. The van der Waals surface area contributed by atoms with E-state index in [2.05, 4.69) is 11.6 Å². The molecular weight excluding hydrogens is 161 g/mol. The fourth-order valence-electron chi connectivity index (χ4n) is 0.634. The molecule has 0 aromatic rings. The monoisotopic (exact) mass is 175 g/mol. The van der Waals surface area contributed by atoms with Gasteiger partial charge in [-0.05, 0) is 0 Å². The van der Waals surface area contributed by atoms with E-state index in [9.17, 15) is 4.79 Å². The standard InChI is InChI=1S/C7H14NO2P/c1-6(4-10-2)7(9)8-5-11-3/h6H,3-5H2,1-2H3,(H,8,9). The fourth-order valence-corrected chi connectivity index (χ4v) is 0.901. The molecule has 0 aliphatic heterocycles. The van der Waals surface area contributed by atoms with Crippen molar-refractivity contribution in [1.29, 1.82) is 0 Å². The van der Waals surface area contributed by atoms with Crippen LogP contribution in [0.5, 0.6) is 0 Å². The molecule has 0 saturated carbocycles. The first-order chi connectivity index (χ1) is 5.22. The Morgan fingerprint density at radius 2 is 2.45 bits per heavy atom.